The Balaban J connectivity index is 2.64. The van der Waals surface area contributed by atoms with E-state index in [1.807, 2.05) is 12.1 Å². The average molecular weight is 210 g/mol. The normalized spacial score (nSPS) is 11.3. The lowest BCUT2D eigenvalue weighted by molar-refractivity contribution is 0.827. The summed E-state index contributed by atoms with van der Waals surface area (Å²) >= 11 is 0. The summed E-state index contributed by atoms with van der Waals surface area (Å²) in [6.45, 7) is 3.13. The average Bonchev–Trinajstić information content (AvgIpc) is 2.64. The van der Waals surface area contributed by atoms with Crippen molar-refractivity contribution in [2.75, 3.05) is 5.73 Å². The van der Waals surface area contributed by atoms with E-state index < -0.39 is 0 Å². The molecule has 0 bridgehead atoms. The smallest absolute Gasteiger partial charge is 0.0512 e. The molecule has 1 aromatic heterocycles. The summed E-state index contributed by atoms with van der Waals surface area (Å²) in [5.41, 5.74) is 9.43. The molecule has 0 spiro atoms. The molecule has 80 valence electrons. The number of hydrogen-bond donors (Lipinski definition) is 1. The zero-order valence-corrected chi connectivity index (χ0v) is 9.27. The van der Waals surface area contributed by atoms with Gasteiger partial charge in [-0.1, -0.05) is 24.3 Å². The van der Waals surface area contributed by atoms with Gasteiger partial charge in [-0.25, -0.2) is 0 Å². The van der Waals surface area contributed by atoms with Crippen LogP contribution in [0, 0.1) is 0 Å². The fourth-order valence-electron chi connectivity index (χ4n) is 2.47. The van der Waals surface area contributed by atoms with Crippen molar-refractivity contribution in [3.8, 4) is 0 Å². The number of rotatable bonds is 1. The third-order valence-electron chi connectivity index (χ3n) is 3.15. The standard InChI is InChI=1S/C14H14N2/c1-2-16-12-8-4-3-6-10(12)14-11(15)7-5-9-13(14)16/h3-9H,2,15H2,1H3. The lowest BCUT2D eigenvalue weighted by atomic mass is 10.1. The number of fused-ring (bicyclic) bond motifs is 3. The number of nitrogens with two attached hydrogens (primary N) is 1. The van der Waals surface area contributed by atoms with Gasteiger partial charge in [-0.2, -0.15) is 0 Å². The summed E-state index contributed by atoms with van der Waals surface area (Å²) in [5.74, 6) is 0. The van der Waals surface area contributed by atoms with Crippen LogP contribution < -0.4 is 5.73 Å². The second-order valence-corrected chi connectivity index (χ2v) is 4.00. The summed E-state index contributed by atoms with van der Waals surface area (Å²) in [6.07, 6.45) is 0. The van der Waals surface area contributed by atoms with Crippen LogP contribution in [0.4, 0.5) is 5.69 Å². The van der Waals surface area contributed by atoms with Crippen molar-refractivity contribution < 1.29 is 0 Å². The second kappa shape index (κ2) is 3.27. The monoisotopic (exact) mass is 210 g/mol. The van der Waals surface area contributed by atoms with E-state index >= 15 is 0 Å². The van der Waals surface area contributed by atoms with Crippen LogP contribution in [0.15, 0.2) is 42.5 Å². The van der Waals surface area contributed by atoms with Gasteiger partial charge in [0.05, 0.1) is 5.52 Å². The predicted octanol–water partition coefficient (Wildman–Crippen LogP) is 3.40. The van der Waals surface area contributed by atoms with Crippen molar-refractivity contribution in [2.24, 2.45) is 0 Å². The van der Waals surface area contributed by atoms with E-state index in [9.17, 15) is 0 Å². The second-order valence-electron chi connectivity index (χ2n) is 4.00. The molecular formula is C14H14N2. The van der Waals surface area contributed by atoms with Crippen molar-refractivity contribution in [3.05, 3.63) is 42.5 Å². The third kappa shape index (κ3) is 1.07. The van der Waals surface area contributed by atoms with E-state index in [2.05, 4.69) is 41.8 Å². The van der Waals surface area contributed by atoms with E-state index in [1.165, 1.54) is 21.8 Å². The van der Waals surface area contributed by atoms with Crippen LogP contribution >= 0.6 is 0 Å². The number of anilines is 1. The number of benzene rings is 2. The van der Waals surface area contributed by atoms with Gasteiger partial charge in [0.15, 0.2) is 0 Å². The van der Waals surface area contributed by atoms with Gasteiger partial charge < -0.3 is 10.3 Å². The van der Waals surface area contributed by atoms with Crippen LogP contribution in [0.1, 0.15) is 6.92 Å². The summed E-state index contributed by atoms with van der Waals surface area (Å²) in [7, 11) is 0. The summed E-state index contributed by atoms with van der Waals surface area (Å²) in [5, 5.41) is 2.43. The van der Waals surface area contributed by atoms with Gasteiger partial charge in [0.25, 0.3) is 0 Å². The first-order chi connectivity index (χ1) is 7.83. The Morgan fingerprint density at radius 3 is 2.56 bits per heavy atom. The highest BCUT2D eigenvalue weighted by Crippen LogP contribution is 2.32. The molecule has 3 rings (SSSR count). The van der Waals surface area contributed by atoms with Crippen LogP contribution in [0.5, 0.6) is 0 Å². The molecule has 16 heavy (non-hydrogen) atoms. The Labute approximate surface area is 94.3 Å². The molecule has 0 saturated carbocycles. The number of aromatic nitrogens is 1. The first kappa shape index (κ1) is 9.28. The van der Waals surface area contributed by atoms with Crippen LogP contribution in [0.25, 0.3) is 21.8 Å². The van der Waals surface area contributed by atoms with Crippen molar-refractivity contribution in [2.45, 2.75) is 13.5 Å². The maximum absolute atomic E-state index is 6.08. The molecule has 2 nitrogen and oxygen atoms in total. The molecule has 0 atom stereocenters. The summed E-state index contributed by atoms with van der Waals surface area (Å²) in [6, 6.07) is 14.5. The number of nitrogen functional groups attached to an aromatic ring is 1. The van der Waals surface area contributed by atoms with Crippen LogP contribution in [0.2, 0.25) is 0 Å². The molecule has 2 N–H and O–H groups in total. The molecular weight excluding hydrogens is 196 g/mol. The zero-order valence-electron chi connectivity index (χ0n) is 9.27. The summed E-state index contributed by atoms with van der Waals surface area (Å²) < 4.78 is 2.31. The van der Waals surface area contributed by atoms with Gasteiger partial charge in [0, 0.05) is 28.5 Å². The Kier molecular flexibility index (Phi) is 1.90. The third-order valence-corrected chi connectivity index (χ3v) is 3.15. The maximum atomic E-state index is 6.08. The number of para-hydroxylation sites is 1. The van der Waals surface area contributed by atoms with Gasteiger partial charge in [-0.05, 0) is 25.1 Å². The zero-order chi connectivity index (χ0) is 11.1. The largest absolute Gasteiger partial charge is 0.398 e. The molecule has 0 aliphatic carbocycles. The first-order valence-electron chi connectivity index (χ1n) is 5.58. The molecule has 2 aromatic carbocycles. The quantitative estimate of drug-likeness (QED) is 0.613. The van der Waals surface area contributed by atoms with E-state index in [0.29, 0.717) is 0 Å². The minimum Gasteiger partial charge on any atom is -0.398 e. The Morgan fingerprint density at radius 2 is 1.75 bits per heavy atom. The Morgan fingerprint density at radius 1 is 1.00 bits per heavy atom. The van der Waals surface area contributed by atoms with Crippen molar-refractivity contribution in [1.82, 2.24) is 4.57 Å². The number of aryl methyl sites for hydroxylation is 1. The van der Waals surface area contributed by atoms with Crippen molar-refractivity contribution in [1.29, 1.82) is 0 Å². The van der Waals surface area contributed by atoms with E-state index in [-0.39, 0.29) is 0 Å². The van der Waals surface area contributed by atoms with Crippen LogP contribution in [-0.2, 0) is 6.54 Å². The highest BCUT2D eigenvalue weighted by molar-refractivity contribution is 6.13. The molecule has 1 heterocycles. The lowest BCUT2D eigenvalue weighted by Gasteiger charge is -2.02. The van der Waals surface area contributed by atoms with E-state index in [0.717, 1.165) is 12.2 Å². The highest BCUT2D eigenvalue weighted by atomic mass is 15.0. The molecule has 0 saturated heterocycles. The predicted molar refractivity (Wildman–Crippen MR) is 69.5 cm³/mol. The summed E-state index contributed by atoms with van der Waals surface area (Å²) in [4.78, 5) is 0. The van der Waals surface area contributed by atoms with E-state index in [1.54, 1.807) is 0 Å². The molecule has 0 unspecified atom stereocenters. The van der Waals surface area contributed by atoms with Gasteiger partial charge in [0.2, 0.25) is 0 Å². The van der Waals surface area contributed by atoms with Crippen molar-refractivity contribution >= 4 is 27.5 Å². The fourth-order valence-corrected chi connectivity index (χ4v) is 2.47. The Bertz CT molecular complexity index is 665. The van der Waals surface area contributed by atoms with Crippen LogP contribution in [-0.4, -0.2) is 4.57 Å². The van der Waals surface area contributed by atoms with Crippen LogP contribution in [0.3, 0.4) is 0 Å². The molecule has 0 aliphatic heterocycles. The number of nitrogens with zero attached hydrogens (tertiary/aromatic N) is 1. The minimum absolute atomic E-state index is 0.862. The molecule has 2 heteroatoms. The first-order valence-corrected chi connectivity index (χ1v) is 5.58. The topological polar surface area (TPSA) is 30.9 Å². The number of hydrogen-bond acceptors (Lipinski definition) is 1. The maximum Gasteiger partial charge on any atom is 0.0512 e. The molecule has 0 aliphatic rings. The van der Waals surface area contributed by atoms with Gasteiger partial charge >= 0.3 is 0 Å². The highest BCUT2D eigenvalue weighted by Gasteiger charge is 2.10. The van der Waals surface area contributed by atoms with Crippen molar-refractivity contribution in [3.63, 3.8) is 0 Å². The Hall–Kier alpha value is -1.96. The molecule has 3 aromatic rings. The SMILES string of the molecule is CCn1c2ccccc2c2c(N)cccc21. The lowest BCUT2D eigenvalue weighted by Crippen LogP contribution is -1.93. The van der Waals surface area contributed by atoms with Gasteiger partial charge in [-0.15, -0.1) is 0 Å². The molecule has 0 radical (unpaired) electrons. The van der Waals surface area contributed by atoms with Gasteiger partial charge in [-0.3, -0.25) is 0 Å². The van der Waals surface area contributed by atoms with E-state index in [4.69, 9.17) is 5.73 Å². The minimum atomic E-state index is 0.862. The fraction of sp³-hybridized carbons (Fsp3) is 0.143. The molecule has 0 fully saturated rings. The molecule has 0 amide bonds. The van der Waals surface area contributed by atoms with Gasteiger partial charge in [0.1, 0.15) is 0 Å².